The second kappa shape index (κ2) is 21.7. The number of thioether (sulfide) groups is 1. The third-order valence-electron chi connectivity index (χ3n) is 6.88. The Morgan fingerprint density at radius 1 is 0.698 bits per heavy atom. The van der Waals surface area contributed by atoms with Crippen LogP contribution in [0.25, 0.3) is 0 Å². The van der Waals surface area contributed by atoms with Gasteiger partial charge in [0.2, 0.25) is 11.8 Å². The van der Waals surface area contributed by atoms with Crippen molar-refractivity contribution in [1.82, 2.24) is 15.1 Å². The molecule has 2 amide bonds. The number of hydrogen-bond acceptors (Lipinski definition) is 9. The first kappa shape index (κ1) is 40.1. The van der Waals surface area contributed by atoms with E-state index in [2.05, 4.69) is 65.6 Å². The van der Waals surface area contributed by atoms with E-state index in [1.807, 2.05) is 4.90 Å². The maximum Gasteiger partial charge on any atom is 0.230 e. The van der Waals surface area contributed by atoms with E-state index in [9.17, 15) is 9.59 Å². The van der Waals surface area contributed by atoms with Gasteiger partial charge in [-0.25, -0.2) is 0 Å². The number of nitrogens with zero attached hydrogens (tertiary/aromatic N) is 2. The van der Waals surface area contributed by atoms with Crippen molar-refractivity contribution in [2.75, 3.05) is 104 Å². The van der Waals surface area contributed by atoms with Crippen LogP contribution in [0.15, 0.2) is 0 Å². The molecule has 1 aliphatic rings. The number of carbonyl (C=O) groups excluding carboxylic acids is 2. The molecule has 0 radical (unpaired) electrons. The summed E-state index contributed by atoms with van der Waals surface area (Å²) in [5, 5.41) is 2.90. The van der Waals surface area contributed by atoms with Gasteiger partial charge in [-0.15, -0.1) is 11.8 Å². The van der Waals surface area contributed by atoms with Gasteiger partial charge in [-0.05, 0) is 39.0 Å². The Hall–Kier alpha value is -0.950. The minimum Gasteiger partial charge on any atom is -0.379 e. The van der Waals surface area contributed by atoms with Crippen molar-refractivity contribution in [2.45, 2.75) is 85.0 Å². The Bertz CT molecular complexity index is 748. The van der Waals surface area contributed by atoms with Crippen molar-refractivity contribution >= 4 is 23.6 Å². The van der Waals surface area contributed by atoms with Crippen LogP contribution in [0.1, 0.15) is 74.7 Å². The van der Waals surface area contributed by atoms with Crippen LogP contribution in [0, 0.1) is 5.41 Å². The quantitative estimate of drug-likeness (QED) is 0.168. The van der Waals surface area contributed by atoms with Crippen molar-refractivity contribution in [3.8, 4) is 0 Å². The van der Waals surface area contributed by atoms with E-state index >= 15 is 0 Å². The summed E-state index contributed by atoms with van der Waals surface area (Å²) in [6.07, 6.45) is 2.28. The molecule has 0 unspecified atom stereocenters. The zero-order valence-electron chi connectivity index (χ0n) is 28.6. The predicted molar refractivity (Wildman–Crippen MR) is 175 cm³/mol. The second-order valence-electron chi connectivity index (χ2n) is 13.8. The number of carbonyl (C=O) groups is 2. The topological polar surface area (TPSA) is 98.8 Å². The number of rotatable bonds is 23. The highest BCUT2D eigenvalue weighted by atomic mass is 32.2. The molecule has 1 saturated heterocycles. The van der Waals surface area contributed by atoms with E-state index in [4.69, 9.17) is 23.7 Å². The Kier molecular flexibility index (Phi) is 20.2. The third-order valence-corrected chi connectivity index (χ3v) is 8.28. The van der Waals surface area contributed by atoms with Crippen LogP contribution in [-0.2, 0) is 33.3 Å². The summed E-state index contributed by atoms with van der Waals surface area (Å²) in [6.45, 7) is 26.8. The van der Waals surface area contributed by atoms with Gasteiger partial charge in [0.15, 0.2) is 0 Å². The monoisotopic (exact) mass is 633 g/mol. The van der Waals surface area contributed by atoms with E-state index < -0.39 is 0 Å². The number of hydrogen-bond donors (Lipinski definition) is 1. The average molecular weight is 634 g/mol. The molecule has 43 heavy (non-hydrogen) atoms. The molecule has 0 bridgehead atoms. The minimum absolute atomic E-state index is 0.0182. The molecular weight excluding hydrogens is 570 g/mol. The maximum atomic E-state index is 12.8. The van der Waals surface area contributed by atoms with E-state index in [0.717, 1.165) is 52.2 Å². The average Bonchev–Trinajstić information content (AvgIpc) is 2.92. The highest BCUT2D eigenvalue weighted by Crippen LogP contribution is 2.29. The fourth-order valence-electron chi connectivity index (χ4n) is 4.05. The van der Waals surface area contributed by atoms with Gasteiger partial charge in [0.25, 0.3) is 0 Å². The minimum atomic E-state index is -0.157. The van der Waals surface area contributed by atoms with E-state index in [1.165, 1.54) is 0 Å². The molecule has 10 nitrogen and oxygen atoms in total. The summed E-state index contributed by atoms with van der Waals surface area (Å²) in [7, 11) is 0. The molecule has 0 saturated carbocycles. The number of piperazine rings is 1. The lowest BCUT2D eigenvalue weighted by molar-refractivity contribution is -0.133. The molecule has 1 N–H and O–H groups in total. The standard InChI is InChI=1S/C32H63N3O7S/c1-30(2,3)11-18-38-21-23-40-25-26-41-24-22-39-19-12-33-28(36)27-43-32(7,8)10-9-29(37)35-15-13-34(14-16-35)17-20-42-31(4,5)6/h9-27H2,1-8H3,(H,33,36). The number of nitrogens with one attached hydrogen (secondary N) is 1. The van der Waals surface area contributed by atoms with Gasteiger partial charge in [-0.3, -0.25) is 14.5 Å². The largest absolute Gasteiger partial charge is 0.379 e. The molecule has 1 fully saturated rings. The zero-order chi connectivity index (χ0) is 32.2. The lowest BCUT2D eigenvalue weighted by atomic mass is 9.93. The molecular formula is C32H63N3O7S. The third kappa shape index (κ3) is 24.0. The first-order chi connectivity index (χ1) is 20.2. The van der Waals surface area contributed by atoms with Crippen LogP contribution in [0.2, 0.25) is 0 Å². The molecule has 0 aromatic carbocycles. The molecule has 11 heteroatoms. The van der Waals surface area contributed by atoms with Crippen LogP contribution >= 0.6 is 11.8 Å². The molecule has 1 heterocycles. The molecule has 0 aromatic heterocycles. The van der Waals surface area contributed by atoms with Crippen molar-refractivity contribution in [3.05, 3.63) is 0 Å². The van der Waals surface area contributed by atoms with E-state index in [-0.39, 0.29) is 22.2 Å². The first-order valence-corrected chi connectivity index (χ1v) is 17.0. The summed E-state index contributed by atoms with van der Waals surface area (Å²) in [5.41, 5.74) is 0.175. The van der Waals surface area contributed by atoms with Gasteiger partial charge in [0, 0.05) is 57.0 Å². The van der Waals surface area contributed by atoms with Crippen molar-refractivity contribution in [3.63, 3.8) is 0 Å². The normalized spacial score (nSPS) is 15.2. The van der Waals surface area contributed by atoms with Gasteiger partial charge in [0.1, 0.15) is 0 Å². The van der Waals surface area contributed by atoms with Crippen LogP contribution in [0.4, 0.5) is 0 Å². The van der Waals surface area contributed by atoms with E-state index in [1.54, 1.807) is 11.8 Å². The predicted octanol–water partition coefficient (Wildman–Crippen LogP) is 3.86. The van der Waals surface area contributed by atoms with Crippen LogP contribution in [-0.4, -0.2) is 136 Å². The summed E-state index contributed by atoms with van der Waals surface area (Å²) in [5.74, 6) is 0.547. The lowest BCUT2D eigenvalue weighted by Crippen LogP contribution is -2.49. The fraction of sp³-hybridized carbons (Fsp3) is 0.938. The molecule has 0 aromatic rings. The molecule has 1 rings (SSSR count). The van der Waals surface area contributed by atoms with E-state index in [0.29, 0.717) is 77.0 Å². The number of ether oxygens (including phenoxy) is 5. The van der Waals surface area contributed by atoms with Gasteiger partial charge < -0.3 is 33.9 Å². The number of amides is 2. The van der Waals surface area contributed by atoms with Crippen LogP contribution < -0.4 is 5.32 Å². The molecule has 254 valence electrons. The molecule has 0 atom stereocenters. The highest BCUT2D eigenvalue weighted by Gasteiger charge is 2.25. The SMILES string of the molecule is CC(C)(C)CCOCCOCCOCCOCCNC(=O)CSC(C)(C)CCC(=O)N1CCN(CCOC(C)(C)C)CC1. The summed E-state index contributed by atoms with van der Waals surface area (Å²) in [4.78, 5) is 29.4. The fourth-order valence-corrected chi connectivity index (χ4v) is 4.93. The van der Waals surface area contributed by atoms with Crippen molar-refractivity contribution < 1.29 is 33.3 Å². The lowest BCUT2D eigenvalue weighted by Gasteiger charge is -2.35. The Morgan fingerprint density at radius 2 is 1.23 bits per heavy atom. The maximum absolute atomic E-state index is 12.8. The van der Waals surface area contributed by atoms with Crippen molar-refractivity contribution in [1.29, 1.82) is 0 Å². The highest BCUT2D eigenvalue weighted by molar-refractivity contribution is 8.01. The summed E-state index contributed by atoms with van der Waals surface area (Å²) >= 11 is 1.59. The molecule has 0 aliphatic carbocycles. The second-order valence-corrected chi connectivity index (χ2v) is 15.5. The summed E-state index contributed by atoms with van der Waals surface area (Å²) < 4.78 is 27.8. The molecule has 0 spiro atoms. The van der Waals surface area contributed by atoms with Gasteiger partial charge in [-0.2, -0.15) is 0 Å². The smallest absolute Gasteiger partial charge is 0.230 e. The Balaban J connectivity index is 1.98. The molecule has 1 aliphatic heterocycles. The Morgan fingerprint density at radius 3 is 1.77 bits per heavy atom. The summed E-state index contributed by atoms with van der Waals surface area (Å²) in [6, 6.07) is 0. The van der Waals surface area contributed by atoms with Crippen LogP contribution in [0.3, 0.4) is 0 Å². The first-order valence-electron chi connectivity index (χ1n) is 16.0. The Labute approximate surface area is 266 Å². The van der Waals surface area contributed by atoms with Crippen LogP contribution in [0.5, 0.6) is 0 Å². The van der Waals surface area contributed by atoms with Gasteiger partial charge in [-0.1, -0.05) is 34.6 Å². The van der Waals surface area contributed by atoms with Crippen molar-refractivity contribution in [2.24, 2.45) is 5.41 Å². The zero-order valence-corrected chi connectivity index (χ0v) is 29.4. The van der Waals surface area contributed by atoms with Gasteiger partial charge in [0.05, 0.1) is 64.2 Å². The van der Waals surface area contributed by atoms with Gasteiger partial charge >= 0.3 is 0 Å².